The number of rotatable bonds is 4. The number of carbonyl (C=O) groups is 2. The van der Waals surface area contributed by atoms with Gasteiger partial charge in [-0.1, -0.05) is 25.7 Å². The van der Waals surface area contributed by atoms with E-state index in [4.69, 9.17) is 15.2 Å². The van der Waals surface area contributed by atoms with Crippen molar-refractivity contribution in [3.63, 3.8) is 0 Å². The lowest BCUT2D eigenvalue weighted by atomic mass is 9.85. The van der Waals surface area contributed by atoms with E-state index in [9.17, 15) is 9.59 Å². The fourth-order valence-electron chi connectivity index (χ4n) is 3.72. The lowest BCUT2D eigenvalue weighted by molar-refractivity contribution is -0.162. The Bertz CT molecular complexity index is 667. The van der Waals surface area contributed by atoms with E-state index in [1.807, 2.05) is 32.9 Å². The summed E-state index contributed by atoms with van der Waals surface area (Å²) in [6.45, 7) is 5.63. The number of hydrogen-bond donors (Lipinski definition) is 2. The molecule has 3 N–H and O–H groups in total. The zero-order valence-corrected chi connectivity index (χ0v) is 18.3. The first-order valence-corrected chi connectivity index (χ1v) is 10.6. The van der Waals surface area contributed by atoms with E-state index in [0.29, 0.717) is 24.4 Å². The first kappa shape index (κ1) is 23.2. The first-order chi connectivity index (χ1) is 13.6. The molecule has 1 aliphatic rings. The van der Waals surface area contributed by atoms with Crippen LogP contribution in [0.15, 0.2) is 24.3 Å². The van der Waals surface area contributed by atoms with Gasteiger partial charge in [-0.05, 0) is 70.7 Å². The van der Waals surface area contributed by atoms with E-state index in [0.717, 1.165) is 44.2 Å². The van der Waals surface area contributed by atoms with Gasteiger partial charge >= 0.3 is 11.9 Å². The van der Waals surface area contributed by atoms with Crippen molar-refractivity contribution in [3.05, 3.63) is 29.8 Å². The Morgan fingerprint density at radius 1 is 1.03 bits per heavy atom. The van der Waals surface area contributed by atoms with Crippen LogP contribution in [-0.2, 0) is 14.3 Å². The Labute approximate surface area is 174 Å². The highest BCUT2D eigenvalue weighted by atomic mass is 16.6. The Balaban J connectivity index is 1.91. The molecule has 0 saturated heterocycles. The predicted molar refractivity (Wildman–Crippen MR) is 115 cm³/mol. The van der Waals surface area contributed by atoms with E-state index in [1.165, 1.54) is 7.11 Å². The summed E-state index contributed by atoms with van der Waals surface area (Å²) < 4.78 is 10.3. The summed E-state index contributed by atoms with van der Waals surface area (Å²) in [7, 11) is 1.38. The lowest BCUT2D eigenvalue weighted by Gasteiger charge is -2.32. The van der Waals surface area contributed by atoms with Gasteiger partial charge in [-0.2, -0.15) is 0 Å². The minimum atomic E-state index is -0.878. The second-order valence-corrected chi connectivity index (χ2v) is 9.06. The maximum absolute atomic E-state index is 12.6. The molecule has 1 aromatic carbocycles. The number of carbonyl (C=O) groups excluding carboxylic acids is 2. The molecule has 0 aromatic heterocycles. The molecule has 162 valence electrons. The summed E-state index contributed by atoms with van der Waals surface area (Å²) in [4.78, 5) is 24.2. The normalized spacial score (nSPS) is 23.7. The largest absolute Gasteiger partial charge is 0.465 e. The van der Waals surface area contributed by atoms with Gasteiger partial charge in [0.1, 0.15) is 11.1 Å². The van der Waals surface area contributed by atoms with Crippen molar-refractivity contribution in [2.45, 2.75) is 89.3 Å². The molecule has 0 atom stereocenters. The molecule has 0 radical (unpaired) electrons. The number of nitrogens with one attached hydrogen (secondary N) is 1. The van der Waals surface area contributed by atoms with Crippen molar-refractivity contribution in [2.24, 2.45) is 5.73 Å². The molecule has 0 amide bonds. The number of methoxy groups -OCH3 is 1. The number of nitrogens with two attached hydrogens (primary N) is 1. The minimum Gasteiger partial charge on any atom is -0.465 e. The molecular formula is C23H36N2O4. The molecule has 29 heavy (non-hydrogen) atoms. The van der Waals surface area contributed by atoms with Gasteiger partial charge in [0.25, 0.3) is 0 Å². The monoisotopic (exact) mass is 404 g/mol. The molecule has 6 nitrogen and oxygen atoms in total. The zero-order chi connectivity index (χ0) is 21.5. The average molecular weight is 405 g/mol. The van der Waals surface area contributed by atoms with Crippen molar-refractivity contribution in [1.82, 2.24) is 0 Å². The smallest absolute Gasteiger partial charge is 0.337 e. The second-order valence-electron chi connectivity index (χ2n) is 9.06. The maximum Gasteiger partial charge on any atom is 0.337 e. The molecule has 6 heteroatoms. The average Bonchev–Trinajstić information content (AvgIpc) is 2.67. The fourth-order valence-corrected chi connectivity index (χ4v) is 3.72. The lowest BCUT2D eigenvalue weighted by Crippen LogP contribution is -2.51. The molecule has 1 aromatic rings. The van der Waals surface area contributed by atoms with Gasteiger partial charge in [0.2, 0.25) is 0 Å². The van der Waals surface area contributed by atoms with E-state index in [1.54, 1.807) is 12.1 Å². The predicted octanol–water partition coefficient (Wildman–Crippen LogP) is 4.43. The van der Waals surface area contributed by atoms with Crippen molar-refractivity contribution in [2.75, 3.05) is 12.4 Å². The molecular weight excluding hydrogens is 368 g/mol. The molecule has 0 heterocycles. The van der Waals surface area contributed by atoms with Crippen LogP contribution in [0.2, 0.25) is 0 Å². The highest BCUT2D eigenvalue weighted by Gasteiger charge is 2.37. The van der Waals surface area contributed by atoms with Crippen LogP contribution in [0.1, 0.15) is 82.5 Å². The zero-order valence-electron chi connectivity index (χ0n) is 18.3. The molecule has 0 spiro atoms. The standard InChI is InChI=1S/C23H36N2O4/c1-22(2,3)29-21(27)23(24)15-7-5-9-18(10-6-8-16-23)25-19-13-11-17(12-14-19)20(26)28-4/h11-14,18,25H,5-10,15-16,24H2,1-4H3. The third-order valence-electron chi connectivity index (χ3n) is 5.33. The summed E-state index contributed by atoms with van der Waals surface area (Å²) in [6, 6.07) is 7.75. The van der Waals surface area contributed by atoms with Gasteiger partial charge in [0.15, 0.2) is 0 Å². The van der Waals surface area contributed by atoms with Crippen LogP contribution < -0.4 is 11.1 Å². The second kappa shape index (κ2) is 10.1. The Hall–Kier alpha value is -2.08. The number of hydrogen-bond acceptors (Lipinski definition) is 6. The van der Waals surface area contributed by atoms with E-state index >= 15 is 0 Å². The minimum absolute atomic E-state index is 0.272. The molecule has 1 fully saturated rings. The number of ether oxygens (including phenoxy) is 2. The van der Waals surface area contributed by atoms with Gasteiger partial charge in [-0.3, -0.25) is 4.79 Å². The van der Waals surface area contributed by atoms with E-state index < -0.39 is 11.1 Å². The van der Waals surface area contributed by atoms with Gasteiger partial charge < -0.3 is 20.5 Å². The summed E-state index contributed by atoms with van der Waals surface area (Å²) >= 11 is 0. The first-order valence-electron chi connectivity index (χ1n) is 10.6. The van der Waals surface area contributed by atoms with Crippen molar-refractivity contribution in [3.8, 4) is 0 Å². The van der Waals surface area contributed by atoms with Crippen molar-refractivity contribution >= 4 is 17.6 Å². The van der Waals surface area contributed by atoms with Crippen LogP contribution in [0.25, 0.3) is 0 Å². The molecule has 1 saturated carbocycles. The Kier molecular flexibility index (Phi) is 8.08. The van der Waals surface area contributed by atoms with Gasteiger partial charge in [-0.15, -0.1) is 0 Å². The molecule has 0 unspecified atom stereocenters. The molecule has 0 bridgehead atoms. The van der Waals surface area contributed by atoms with E-state index in [-0.39, 0.29) is 11.9 Å². The molecule has 1 aliphatic carbocycles. The summed E-state index contributed by atoms with van der Waals surface area (Å²) in [5.41, 5.74) is 6.63. The Morgan fingerprint density at radius 2 is 1.59 bits per heavy atom. The quantitative estimate of drug-likeness (QED) is 0.722. The van der Waals surface area contributed by atoms with Gasteiger partial charge in [0, 0.05) is 11.7 Å². The topological polar surface area (TPSA) is 90.6 Å². The maximum atomic E-state index is 12.6. The highest BCUT2D eigenvalue weighted by Crippen LogP contribution is 2.27. The summed E-state index contributed by atoms with van der Waals surface area (Å²) in [5, 5.41) is 3.58. The number of esters is 2. The van der Waals surface area contributed by atoms with Gasteiger partial charge in [-0.25, -0.2) is 4.79 Å². The number of anilines is 1. The van der Waals surface area contributed by atoms with Crippen molar-refractivity contribution < 1.29 is 19.1 Å². The van der Waals surface area contributed by atoms with Crippen molar-refractivity contribution in [1.29, 1.82) is 0 Å². The van der Waals surface area contributed by atoms with Crippen LogP contribution in [0.4, 0.5) is 5.69 Å². The summed E-state index contributed by atoms with van der Waals surface area (Å²) in [5.74, 6) is -0.601. The molecule has 0 aliphatic heterocycles. The fraction of sp³-hybridized carbons (Fsp3) is 0.652. The van der Waals surface area contributed by atoms with Gasteiger partial charge in [0.05, 0.1) is 12.7 Å². The van der Waals surface area contributed by atoms with Crippen LogP contribution in [0.5, 0.6) is 0 Å². The SMILES string of the molecule is COC(=O)c1ccc(NC2CCCCC(N)(C(=O)OC(C)(C)C)CCCC2)cc1. The molecule has 2 rings (SSSR count). The van der Waals surface area contributed by atoms with Crippen LogP contribution >= 0.6 is 0 Å². The highest BCUT2D eigenvalue weighted by molar-refractivity contribution is 5.89. The Morgan fingerprint density at radius 3 is 2.07 bits per heavy atom. The van der Waals surface area contributed by atoms with Crippen LogP contribution in [-0.4, -0.2) is 36.2 Å². The third-order valence-corrected chi connectivity index (χ3v) is 5.33. The van der Waals surface area contributed by atoms with Crippen LogP contribution in [0.3, 0.4) is 0 Å². The van der Waals surface area contributed by atoms with E-state index in [2.05, 4.69) is 5.32 Å². The third kappa shape index (κ3) is 7.35. The van der Waals surface area contributed by atoms with Crippen LogP contribution in [0, 0.1) is 0 Å². The summed E-state index contributed by atoms with van der Waals surface area (Å²) in [6.07, 6.45) is 7.14. The number of benzene rings is 1.